The largest absolute Gasteiger partial charge is 0.493 e. The molecule has 3 aromatic rings. The van der Waals surface area contributed by atoms with E-state index in [0.29, 0.717) is 18.0 Å². The average Bonchev–Trinajstić information content (AvgIpc) is 3.36. The van der Waals surface area contributed by atoms with Gasteiger partial charge in [0, 0.05) is 23.4 Å². The lowest BCUT2D eigenvalue weighted by Gasteiger charge is -2.47. The minimum atomic E-state index is -1.63. The Morgan fingerprint density at radius 1 is 0.919 bits per heavy atom. The Labute approximate surface area is 231 Å². The number of benzene rings is 3. The first-order chi connectivity index (χ1) is 17.9. The van der Waals surface area contributed by atoms with E-state index in [1.165, 1.54) is 16.7 Å². The van der Waals surface area contributed by atoms with Crippen molar-refractivity contribution in [2.45, 2.75) is 29.1 Å². The lowest BCUT2D eigenvalue weighted by Crippen LogP contribution is -2.42. The summed E-state index contributed by atoms with van der Waals surface area (Å²) in [7, 11) is 3.25. The van der Waals surface area contributed by atoms with Gasteiger partial charge in [-0.25, -0.2) is 0 Å². The Hall–Kier alpha value is -2.73. The van der Waals surface area contributed by atoms with Crippen LogP contribution in [0.4, 0.5) is 0 Å². The Balaban J connectivity index is 1.62. The molecule has 37 heavy (non-hydrogen) atoms. The first-order valence-corrected chi connectivity index (χ1v) is 13.3. The molecule has 5 nitrogen and oxygen atoms in total. The predicted octanol–water partition coefficient (Wildman–Crippen LogP) is 7.22. The summed E-state index contributed by atoms with van der Waals surface area (Å²) in [5.74, 6) is 2.70. The first kappa shape index (κ1) is 24.6. The number of aryl methyl sites for hydroxylation is 1. The van der Waals surface area contributed by atoms with Crippen molar-refractivity contribution in [3.05, 3.63) is 82.4 Å². The monoisotopic (exact) mass is 557 g/mol. The topological polar surface area (TPSA) is 40.2 Å². The molecule has 0 fully saturated rings. The van der Waals surface area contributed by atoms with Gasteiger partial charge in [-0.05, 0) is 59.7 Å². The van der Waals surface area contributed by atoms with Crippen molar-refractivity contribution < 1.29 is 18.9 Å². The van der Waals surface area contributed by atoms with E-state index in [0.717, 1.165) is 53.1 Å². The molecule has 0 radical (unpaired) electrons. The van der Waals surface area contributed by atoms with Gasteiger partial charge in [0.05, 0.1) is 14.2 Å². The van der Waals surface area contributed by atoms with Crippen LogP contribution in [0.2, 0.25) is 0 Å². The Morgan fingerprint density at radius 3 is 2.38 bits per heavy atom. The van der Waals surface area contributed by atoms with Crippen molar-refractivity contribution >= 4 is 46.1 Å². The summed E-state index contributed by atoms with van der Waals surface area (Å²) in [6, 6.07) is 18.0. The third-order valence-electron chi connectivity index (χ3n) is 7.36. The lowest BCUT2D eigenvalue weighted by atomic mass is 9.80. The highest BCUT2D eigenvalue weighted by Gasteiger charge is 2.48. The molecule has 1 unspecified atom stereocenters. The highest BCUT2D eigenvalue weighted by molar-refractivity contribution is 6.68. The summed E-state index contributed by atoms with van der Waals surface area (Å²) in [6.07, 6.45) is 2.43. The van der Waals surface area contributed by atoms with Gasteiger partial charge < -0.3 is 23.8 Å². The molecule has 3 heterocycles. The summed E-state index contributed by atoms with van der Waals surface area (Å²) in [5, 5.41) is 0. The van der Waals surface area contributed by atoms with Gasteiger partial charge in [0.1, 0.15) is 6.04 Å². The Bertz CT molecular complexity index is 1380. The number of hydrogen-bond acceptors (Lipinski definition) is 5. The molecule has 0 spiro atoms. The second kappa shape index (κ2) is 9.54. The van der Waals surface area contributed by atoms with Crippen LogP contribution in [0.3, 0.4) is 0 Å². The first-order valence-electron chi connectivity index (χ1n) is 12.2. The number of hydrogen-bond donors (Lipinski definition) is 0. The van der Waals surface area contributed by atoms with Crippen molar-refractivity contribution in [2.75, 3.05) is 27.6 Å². The fraction of sp³-hybridized carbons (Fsp3) is 0.310. The van der Waals surface area contributed by atoms with Crippen molar-refractivity contribution in [3.8, 4) is 23.0 Å². The minimum absolute atomic E-state index is 0.221. The number of alkyl halides is 3. The van der Waals surface area contributed by atoms with Gasteiger partial charge in [-0.1, -0.05) is 71.2 Å². The molecule has 3 aromatic carbocycles. The maximum Gasteiger partial charge on any atom is 0.231 e. The fourth-order valence-electron chi connectivity index (χ4n) is 5.79. The smallest absolute Gasteiger partial charge is 0.231 e. The summed E-state index contributed by atoms with van der Waals surface area (Å²) >= 11 is 20.3. The van der Waals surface area contributed by atoms with Gasteiger partial charge in [-0.3, -0.25) is 0 Å². The zero-order valence-corrected chi connectivity index (χ0v) is 22.8. The van der Waals surface area contributed by atoms with Crippen molar-refractivity contribution in [1.29, 1.82) is 0 Å². The molecular weight excluding hydrogens is 533 g/mol. The van der Waals surface area contributed by atoms with E-state index < -0.39 is 9.83 Å². The normalized spacial score (nSPS) is 17.8. The molecule has 0 saturated heterocycles. The van der Waals surface area contributed by atoms with Gasteiger partial charge in [0.15, 0.2) is 23.0 Å². The Morgan fingerprint density at radius 2 is 1.68 bits per heavy atom. The number of rotatable bonds is 5. The molecule has 0 amide bonds. The van der Waals surface area contributed by atoms with Crippen molar-refractivity contribution in [2.24, 2.45) is 0 Å². The quantitative estimate of drug-likeness (QED) is 0.309. The van der Waals surface area contributed by atoms with Crippen LogP contribution in [0.25, 0.3) is 11.3 Å². The van der Waals surface area contributed by atoms with E-state index in [2.05, 4.69) is 47.4 Å². The van der Waals surface area contributed by atoms with Crippen LogP contribution in [0.5, 0.6) is 23.0 Å². The standard InChI is InChI=1S/C29H26Cl3NO4/c1-34-22-11-10-19-20(9-8-17-6-4-3-5-7-17)26-21-15-24-23(36-16-37-24)14-18(21)12-13-33(26)28(29(30,31)32)25(19)27(22)35-2/h3-7,10-11,14-15,28H,8-9,12-13,16H2,1-2H3. The lowest BCUT2D eigenvalue weighted by molar-refractivity contribution is 0.174. The number of fused-ring (bicyclic) bond motifs is 5. The second-order valence-electron chi connectivity index (χ2n) is 9.33. The summed E-state index contributed by atoms with van der Waals surface area (Å²) < 4.78 is 21.4. The SMILES string of the molecule is COc1ccc2c(c1OC)C(C(Cl)(Cl)Cl)N1CCc3cc4c(cc3C1=C2CCc1ccccc1)OCO4. The van der Waals surface area contributed by atoms with Gasteiger partial charge in [0.2, 0.25) is 10.6 Å². The molecule has 0 aromatic heterocycles. The van der Waals surface area contributed by atoms with E-state index in [1.54, 1.807) is 14.2 Å². The summed E-state index contributed by atoms with van der Waals surface area (Å²) in [5.41, 5.74) is 7.60. The van der Waals surface area contributed by atoms with Crippen LogP contribution in [0, 0.1) is 0 Å². The predicted molar refractivity (Wildman–Crippen MR) is 147 cm³/mol. The van der Waals surface area contributed by atoms with E-state index in [9.17, 15) is 0 Å². The van der Waals surface area contributed by atoms with Gasteiger partial charge in [-0.15, -0.1) is 0 Å². The van der Waals surface area contributed by atoms with Crippen LogP contribution in [-0.4, -0.2) is 36.2 Å². The van der Waals surface area contributed by atoms with E-state index in [1.807, 2.05) is 12.1 Å². The molecule has 0 saturated carbocycles. The zero-order valence-electron chi connectivity index (χ0n) is 20.5. The summed E-state index contributed by atoms with van der Waals surface area (Å²) in [4.78, 5) is 2.22. The summed E-state index contributed by atoms with van der Waals surface area (Å²) in [6.45, 7) is 0.896. The number of methoxy groups -OCH3 is 2. The molecule has 3 aliphatic rings. The van der Waals surface area contributed by atoms with Gasteiger partial charge in [0.25, 0.3) is 0 Å². The molecule has 0 bridgehead atoms. The second-order valence-corrected chi connectivity index (χ2v) is 11.7. The molecule has 3 aliphatic heterocycles. The van der Waals surface area contributed by atoms with Gasteiger partial charge in [-0.2, -0.15) is 0 Å². The maximum atomic E-state index is 6.75. The molecular formula is C29H26Cl3NO4. The van der Waals surface area contributed by atoms with Crippen LogP contribution in [0.1, 0.15) is 40.3 Å². The van der Waals surface area contributed by atoms with Crippen molar-refractivity contribution in [1.82, 2.24) is 4.90 Å². The van der Waals surface area contributed by atoms with E-state index >= 15 is 0 Å². The molecule has 1 atom stereocenters. The van der Waals surface area contributed by atoms with Crippen LogP contribution < -0.4 is 18.9 Å². The zero-order chi connectivity index (χ0) is 25.7. The molecule has 6 rings (SSSR count). The Kier molecular flexibility index (Phi) is 6.34. The number of allylic oxidation sites excluding steroid dienone is 1. The van der Waals surface area contributed by atoms with Crippen molar-refractivity contribution in [3.63, 3.8) is 0 Å². The molecule has 8 heteroatoms. The minimum Gasteiger partial charge on any atom is -0.493 e. The highest BCUT2D eigenvalue weighted by atomic mass is 35.6. The third-order valence-corrected chi connectivity index (χ3v) is 7.98. The average molecular weight is 559 g/mol. The van der Waals surface area contributed by atoms with Gasteiger partial charge >= 0.3 is 0 Å². The number of halogens is 3. The third kappa shape index (κ3) is 4.18. The number of nitrogens with zero attached hydrogens (tertiary/aromatic N) is 1. The molecule has 0 N–H and O–H groups in total. The van der Waals surface area contributed by atoms with E-state index in [-0.39, 0.29) is 6.79 Å². The van der Waals surface area contributed by atoms with Crippen LogP contribution >= 0.6 is 34.8 Å². The fourth-order valence-corrected chi connectivity index (χ4v) is 6.47. The van der Waals surface area contributed by atoms with E-state index in [4.69, 9.17) is 53.8 Å². The van der Waals surface area contributed by atoms with Crippen LogP contribution in [-0.2, 0) is 12.8 Å². The maximum absolute atomic E-state index is 6.75. The highest BCUT2D eigenvalue weighted by Crippen LogP contribution is 2.58. The molecule has 0 aliphatic carbocycles. The number of ether oxygens (including phenoxy) is 4. The molecule has 192 valence electrons. The van der Waals surface area contributed by atoms with Crippen LogP contribution in [0.15, 0.2) is 54.6 Å².